The molecule has 2 N–H and O–H groups in total. The zero-order chi connectivity index (χ0) is 16.1. The largest absolute Gasteiger partial charge is 0.507 e. The molecule has 3 rings (SSSR count). The van der Waals surface area contributed by atoms with Crippen LogP contribution in [-0.4, -0.2) is 31.0 Å². The third kappa shape index (κ3) is 4.21. The highest BCUT2D eigenvalue weighted by molar-refractivity contribution is 7.10. The minimum absolute atomic E-state index is 0.295. The molecule has 23 heavy (non-hydrogen) atoms. The Morgan fingerprint density at radius 3 is 2.74 bits per heavy atom. The molecule has 1 atom stereocenters. The Hall–Kier alpha value is -1.65. The second-order valence-corrected chi connectivity index (χ2v) is 7.44. The molecule has 3 nitrogen and oxygen atoms in total. The number of rotatable bonds is 5. The average Bonchev–Trinajstić information content (AvgIpc) is 3.08. The number of aliphatic imine (C=N–C) groups is 1. The Morgan fingerprint density at radius 2 is 2.04 bits per heavy atom. The van der Waals surface area contributed by atoms with Gasteiger partial charge >= 0.3 is 0 Å². The van der Waals surface area contributed by atoms with Crippen LogP contribution in [0.2, 0.25) is 0 Å². The van der Waals surface area contributed by atoms with E-state index in [1.807, 2.05) is 35.8 Å². The van der Waals surface area contributed by atoms with Gasteiger partial charge in [0.05, 0.1) is 24.5 Å². The molecule has 1 saturated heterocycles. The quantitative estimate of drug-likeness (QED) is 0.813. The van der Waals surface area contributed by atoms with Crippen LogP contribution < -0.4 is 4.90 Å². The monoisotopic (exact) mass is 329 g/mol. The molecule has 1 aromatic carbocycles. The third-order valence-electron chi connectivity index (χ3n) is 4.75. The highest BCUT2D eigenvalue weighted by atomic mass is 32.1. The molecule has 0 spiro atoms. The van der Waals surface area contributed by atoms with Gasteiger partial charge in [0.2, 0.25) is 0 Å². The molecule has 0 amide bonds. The zero-order valence-electron chi connectivity index (χ0n) is 13.6. The zero-order valence-corrected chi connectivity index (χ0v) is 14.4. The van der Waals surface area contributed by atoms with E-state index in [-0.39, 0.29) is 0 Å². The molecular weight excluding hydrogens is 304 g/mol. The number of phenols is 1. The van der Waals surface area contributed by atoms with E-state index in [0.29, 0.717) is 11.8 Å². The van der Waals surface area contributed by atoms with Gasteiger partial charge in [-0.3, -0.25) is 4.99 Å². The number of thiophene rings is 1. The fourth-order valence-electron chi connectivity index (χ4n) is 3.24. The van der Waals surface area contributed by atoms with Crippen molar-refractivity contribution in [2.24, 2.45) is 10.9 Å². The van der Waals surface area contributed by atoms with E-state index < -0.39 is 0 Å². The molecule has 2 heterocycles. The Bertz CT molecular complexity index is 631. The van der Waals surface area contributed by atoms with Crippen LogP contribution in [-0.2, 0) is 0 Å². The van der Waals surface area contributed by atoms with E-state index in [0.717, 1.165) is 18.0 Å². The number of hydrogen-bond donors (Lipinski definition) is 2. The van der Waals surface area contributed by atoms with Crippen LogP contribution in [0.5, 0.6) is 5.75 Å². The van der Waals surface area contributed by atoms with Crippen LogP contribution in [0.3, 0.4) is 0 Å². The number of nitrogens with one attached hydrogen (secondary N) is 1. The molecular formula is C19H25N2OS+. The summed E-state index contributed by atoms with van der Waals surface area (Å²) in [6.45, 7) is 5.59. The maximum atomic E-state index is 9.84. The van der Waals surface area contributed by atoms with Crippen molar-refractivity contribution in [3.05, 3.63) is 52.2 Å². The first-order valence-corrected chi connectivity index (χ1v) is 9.28. The first-order valence-electron chi connectivity index (χ1n) is 8.40. The molecule has 1 aliphatic heterocycles. The second kappa shape index (κ2) is 7.75. The standard InChI is InChI=1S/C19H24N2OS/c1-15-8-10-21(11-9-15)17(19-7-4-12-23-19)14-20-13-16-5-2-3-6-18(16)22/h2-7,12-13,15,17,22H,8-11,14H2,1H3/p+1/t17-/m0/s1. The fraction of sp³-hybridized carbons (Fsp3) is 0.421. The predicted molar refractivity (Wildman–Crippen MR) is 96.7 cm³/mol. The van der Waals surface area contributed by atoms with Crippen molar-refractivity contribution in [2.75, 3.05) is 19.6 Å². The first-order chi connectivity index (χ1) is 11.2. The third-order valence-corrected chi connectivity index (χ3v) is 5.74. The van der Waals surface area contributed by atoms with Crippen LogP contribution in [0.25, 0.3) is 0 Å². The summed E-state index contributed by atoms with van der Waals surface area (Å²) in [5.74, 6) is 1.15. The number of benzene rings is 1. The van der Waals surface area contributed by atoms with Gasteiger partial charge in [-0.1, -0.05) is 25.1 Å². The average molecular weight is 329 g/mol. The van der Waals surface area contributed by atoms with Gasteiger partial charge in [0.25, 0.3) is 0 Å². The molecule has 0 radical (unpaired) electrons. The second-order valence-electron chi connectivity index (χ2n) is 6.46. The van der Waals surface area contributed by atoms with Crippen molar-refractivity contribution in [2.45, 2.75) is 25.8 Å². The smallest absolute Gasteiger partial charge is 0.142 e. The topological polar surface area (TPSA) is 37.0 Å². The lowest BCUT2D eigenvalue weighted by Crippen LogP contribution is -3.13. The first kappa shape index (κ1) is 16.2. The van der Waals surface area contributed by atoms with Crippen molar-refractivity contribution >= 4 is 17.6 Å². The van der Waals surface area contributed by atoms with Gasteiger partial charge in [-0.05, 0) is 42.3 Å². The summed E-state index contributed by atoms with van der Waals surface area (Å²) < 4.78 is 0. The maximum Gasteiger partial charge on any atom is 0.142 e. The van der Waals surface area contributed by atoms with Crippen LogP contribution in [0.4, 0.5) is 0 Å². The van der Waals surface area contributed by atoms with Crippen molar-refractivity contribution in [3.63, 3.8) is 0 Å². The molecule has 0 unspecified atom stereocenters. The summed E-state index contributed by atoms with van der Waals surface area (Å²) >= 11 is 1.83. The highest BCUT2D eigenvalue weighted by Gasteiger charge is 2.28. The van der Waals surface area contributed by atoms with Crippen molar-refractivity contribution in [3.8, 4) is 5.75 Å². The summed E-state index contributed by atoms with van der Waals surface area (Å²) in [5, 5.41) is 12.0. The van der Waals surface area contributed by atoms with E-state index >= 15 is 0 Å². The molecule has 2 aromatic rings. The van der Waals surface area contributed by atoms with Crippen molar-refractivity contribution < 1.29 is 10.0 Å². The Labute approximate surface area is 142 Å². The van der Waals surface area contributed by atoms with E-state index in [1.54, 1.807) is 11.0 Å². The predicted octanol–water partition coefficient (Wildman–Crippen LogP) is 2.93. The summed E-state index contributed by atoms with van der Waals surface area (Å²) in [4.78, 5) is 7.73. The van der Waals surface area contributed by atoms with Gasteiger partial charge < -0.3 is 10.0 Å². The van der Waals surface area contributed by atoms with Gasteiger partial charge in [0, 0.05) is 11.8 Å². The minimum atomic E-state index is 0.295. The van der Waals surface area contributed by atoms with Crippen LogP contribution in [0, 0.1) is 5.92 Å². The van der Waals surface area contributed by atoms with Crippen LogP contribution >= 0.6 is 11.3 Å². The normalized spacial score (nSPS) is 23.2. The lowest BCUT2D eigenvalue weighted by molar-refractivity contribution is -0.935. The lowest BCUT2D eigenvalue weighted by Gasteiger charge is -2.32. The van der Waals surface area contributed by atoms with Crippen molar-refractivity contribution in [1.29, 1.82) is 0 Å². The summed E-state index contributed by atoms with van der Waals surface area (Å²) in [6, 6.07) is 12.2. The van der Waals surface area contributed by atoms with Gasteiger partial charge in [-0.25, -0.2) is 0 Å². The van der Waals surface area contributed by atoms with Gasteiger partial charge in [-0.2, -0.15) is 0 Å². The molecule has 122 valence electrons. The highest BCUT2D eigenvalue weighted by Crippen LogP contribution is 2.19. The van der Waals surface area contributed by atoms with Gasteiger partial charge in [0.1, 0.15) is 11.8 Å². The summed E-state index contributed by atoms with van der Waals surface area (Å²) in [6.07, 6.45) is 4.42. The van der Waals surface area contributed by atoms with Crippen LogP contribution in [0.1, 0.15) is 36.2 Å². The van der Waals surface area contributed by atoms with E-state index in [2.05, 4.69) is 29.4 Å². The van der Waals surface area contributed by atoms with Gasteiger partial charge in [-0.15, -0.1) is 11.3 Å². The SMILES string of the molecule is CC1CC[NH+]([C@@H](CN=Cc2ccccc2O)c2cccs2)CC1. The molecule has 0 aliphatic carbocycles. The number of likely N-dealkylation sites (tertiary alicyclic amines) is 1. The molecule has 1 fully saturated rings. The number of para-hydroxylation sites is 1. The fourth-order valence-corrected chi connectivity index (χ4v) is 4.12. The number of phenolic OH excluding ortho intramolecular Hbond substituents is 1. The summed E-state index contributed by atoms with van der Waals surface area (Å²) in [7, 11) is 0. The van der Waals surface area contributed by atoms with Crippen molar-refractivity contribution in [1.82, 2.24) is 0 Å². The van der Waals surface area contributed by atoms with E-state index in [4.69, 9.17) is 0 Å². The molecule has 0 saturated carbocycles. The maximum absolute atomic E-state index is 9.84. The minimum Gasteiger partial charge on any atom is -0.507 e. The molecule has 1 aliphatic rings. The number of hydrogen-bond acceptors (Lipinski definition) is 3. The molecule has 4 heteroatoms. The Balaban J connectivity index is 1.71. The Kier molecular flexibility index (Phi) is 5.47. The van der Waals surface area contributed by atoms with Crippen LogP contribution in [0.15, 0.2) is 46.8 Å². The molecule has 1 aromatic heterocycles. The Morgan fingerprint density at radius 1 is 1.26 bits per heavy atom. The van der Waals surface area contributed by atoms with Gasteiger partial charge in [0.15, 0.2) is 0 Å². The number of piperidine rings is 1. The number of nitrogens with zero attached hydrogens (tertiary/aromatic N) is 1. The summed E-state index contributed by atoms with van der Waals surface area (Å²) in [5.41, 5.74) is 0.791. The lowest BCUT2D eigenvalue weighted by atomic mass is 9.97. The van der Waals surface area contributed by atoms with E-state index in [9.17, 15) is 5.11 Å². The van der Waals surface area contributed by atoms with E-state index in [1.165, 1.54) is 30.8 Å². The number of aromatic hydroxyl groups is 1. The molecule has 0 bridgehead atoms. The number of quaternary nitrogens is 1.